The van der Waals surface area contributed by atoms with Crippen molar-refractivity contribution in [2.45, 2.75) is 32.7 Å². The summed E-state index contributed by atoms with van der Waals surface area (Å²) in [4.78, 5) is 11.8. The number of para-hydroxylation sites is 1. The number of benzene rings is 1. The molecule has 0 aromatic heterocycles. The Balaban J connectivity index is 2.36. The quantitative estimate of drug-likeness (QED) is 0.813. The number of carbonyl (C=O) groups excluding carboxylic acids is 1. The Kier molecular flexibility index (Phi) is 3.25. The minimum atomic E-state index is -0.170. The van der Waals surface area contributed by atoms with E-state index in [1.165, 1.54) is 5.56 Å². The third-order valence-electron chi connectivity index (χ3n) is 2.93. The van der Waals surface area contributed by atoms with Crippen molar-refractivity contribution in [2.24, 2.45) is 0 Å². The third-order valence-corrected chi connectivity index (χ3v) is 2.93. The summed E-state index contributed by atoms with van der Waals surface area (Å²) in [6.45, 7) is 4.97. The molecular weight excluding hydrogens is 200 g/mol. The van der Waals surface area contributed by atoms with E-state index < -0.39 is 0 Å². The van der Waals surface area contributed by atoms with E-state index in [1.54, 1.807) is 0 Å². The molecule has 1 aromatic carbocycles. The third kappa shape index (κ3) is 1.83. The molecule has 0 radical (unpaired) electrons. The first-order valence-electron chi connectivity index (χ1n) is 5.94. The van der Waals surface area contributed by atoms with Gasteiger partial charge in [0.1, 0.15) is 6.04 Å². The first-order chi connectivity index (χ1) is 7.77. The molecule has 1 aliphatic rings. The number of fused-ring (bicyclic) bond motifs is 1. The van der Waals surface area contributed by atoms with Gasteiger partial charge >= 0.3 is 0 Å². The first-order valence-corrected chi connectivity index (χ1v) is 5.94. The van der Waals surface area contributed by atoms with Gasteiger partial charge in [-0.05, 0) is 18.5 Å². The van der Waals surface area contributed by atoms with Gasteiger partial charge in [-0.25, -0.2) is 0 Å². The molecule has 0 aliphatic carbocycles. The number of likely N-dealkylation sites (N-methyl/N-ethyl adjacent to an activating group) is 1. The molecule has 3 nitrogen and oxygen atoms in total. The molecule has 1 aliphatic heterocycles. The minimum absolute atomic E-state index is 0.0698. The van der Waals surface area contributed by atoms with E-state index in [1.807, 2.05) is 19.1 Å². The summed E-state index contributed by atoms with van der Waals surface area (Å²) in [5.74, 6) is 0.0698. The zero-order valence-corrected chi connectivity index (χ0v) is 9.84. The van der Waals surface area contributed by atoms with Crippen LogP contribution in [-0.4, -0.2) is 12.5 Å². The van der Waals surface area contributed by atoms with Crippen LogP contribution in [0.15, 0.2) is 18.2 Å². The first kappa shape index (κ1) is 11.1. The fourth-order valence-electron chi connectivity index (χ4n) is 2.23. The van der Waals surface area contributed by atoms with Crippen LogP contribution in [0.1, 0.15) is 37.4 Å². The Bertz CT molecular complexity index is 401. The van der Waals surface area contributed by atoms with E-state index in [9.17, 15) is 4.79 Å². The average Bonchev–Trinajstić information content (AvgIpc) is 2.59. The van der Waals surface area contributed by atoms with Crippen molar-refractivity contribution in [3.05, 3.63) is 29.3 Å². The van der Waals surface area contributed by atoms with Crippen LogP contribution in [0.3, 0.4) is 0 Å². The maximum absolute atomic E-state index is 11.8. The summed E-state index contributed by atoms with van der Waals surface area (Å²) in [5.41, 5.74) is 3.37. The molecule has 3 heteroatoms. The Labute approximate surface area is 96.2 Å². The van der Waals surface area contributed by atoms with Gasteiger partial charge in [-0.3, -0.25) is 4.79 Å². The van der Waals surface area contributed by atoms with Crippen molar-refractivity contribution in [1.82, 2.24) is 5.32 Å². The Hall–Kier alpha value is -1.35. The SMILES string of the molecule is CCCc1cccc2c1NC(=O)C2NCC. The van der Waals surface area contributed by atoms with Gasteiger partial charge in [-0.15, -0.1) is 0 Å². The van der Waals surface area contributed by atoms with Crippen molar-refractivity contribution >= 4 is 11.6 Å². The molecule has 1 aromatic rings. The molecule has 2 rings (SSSR count). The molecule has 1 atom stereocenters. The Morgan fingerprint density at radius 2 is 2.19 bits per heavy atom. The predicted molar refractivity (Wildman–Crippen MR) is 65.5 cm³/mol. The summed E-state index contributed by atoms with van der Waals surface area (Å²) in [5, 5.41) is 6.19. The number of hydrogen-bond acceptors (Lipinski definition) is 2. The van der Waals surface area contributed by atoms with Crippen LogP contribution in [0.5, 0.6) is 0 Å². The zero-order valence-electron chi connectivity index (χ0n) is 9.84. The van der Waals surface area contributed by atoms with E-state index in [2.05, 4.69) is 23.6 Å². The van der Waals surface area contributed by atoms with E-state index in [4.69, 9.17) is 0 Å². The summed E-state index contributed by atoms with van der Waals surface area (Å²) in [6, 6.07) is 5.99. The monoisotopic (exact) mass is 218 g/mol. The van der Waals surface area contributed by atoms with Crippen LogP contribution in [0, 0.1) is 0 Å². The number of carbonyl (C=O) groups is 1. The van der Waals surface area contributed by atoms with E-state index in [-0.39, 0.29) is 11.9 Å². The molecule has 1 unspecified atom stereocenters. The molecule has 2 N–H and O–H groups in total. The lowest BCUT2D eigenvalue weighted by Crippen LogP contribution is -2.27. The second kappa shape index (κ2) is 4.66. The summed E-state index contributed by atoms with van der Waals surface area (Å²) in [7, 11) is 0. The fourth-order valence-corrected chi connectivity index (χ4v) is 2.23. The number of amides is 1. The fraction of sp³-hybridized carbons (Fsp3) is 0.462. The normalized spacial score (nSPS) is 18.4. The zero-order chi connectivity index (χ0) is 11.5. The van der Waals surface area contributed by atoms with Gasteiger partial charge in [0.15, 0.2) is 0 Å². The number of hydrogen-bond donors (Lipinski definition) is 2. The number of nitrogens with one attached hydrogen (secondary N) is 2. The van der Waals surface area contributed by atoms with Crippen molar-refractivity contribution in [3.63, 3.8) is 0 Å². The molecule has 0 fully saturated rings. The van der Waals surface area contributed by atoms with E-state index in [0.29, 0.717) is 0 Å². The average molecular weight is 218 g/mol. The lowest BCUT2D eigenvalue weighted by molar-refractivity contribution is -0.117. The largest absolute Gasteiger partial charge is 0.324 e. The summed E-state index contributed by atoms with van der Waals surface area (Å²) in [6.07, 6.45) is 2.11. The highest BCUT2D eigenvalue weighted by Gasteiger charge is 2.30. The van der Waals surface area contributed by atoms with Gasteiger partial charge in [0.2, 0.25) is 5.91 Å². The Morgan fingerprint density at radius 1 is 1.38 bits per heavy atom. The van der Waals surface area contributed by atoms with Gasteiger partial charge in [0.25, 0.3) is 0 Å². The van der Waals surface area contributed by atoms with Crippen molar-refractivity contribution in [1.29, 1.82) is 0 Å². The highest BCUT2D eigenvalue weighted by Crippen LogP contribution is 2.34. The highest BCUT2D eigenvalue weighted by molar-refractivity contribution is 6.03. The maximum atomic E-state index is 11.8. The van der Waals surface area contributed by atoms with Crippen molar-refractivity contribution in [3.8, 4) is 0 Å². The minimum Gasteiger partial charge on any atom is -0.324 e. The van der Waals surface area contributed by atoms with Crippen molar-refractivity contribution < 1.29 is 4.79 Å². The molecule has 0 saturated carbocycles. The van der Waals surface area contributed by atoms with E-state index >= 15 is 0 Å². The lowest BCUT2D eigenvalue weighted by atomic mass is 10.0. The van der Waals surface area contributed by atoms with E-state index in [0.717, 1.165) is 30.6 Å². The number of rotatable bonds is 4. The molecule has 1 heterocycles. The van der Waals surface area contributed by atoms with Crippen molar-refractivity contribution in [2.75, 3.05) is 11.9 Å². The van der Waals surface area contributed by atoms with Crippen LogP contribution in [0.4, 0.5) is 5.69 Å². The van der Waals surface area contributed by atoms with Gasteiger partial charge in [0, 0.05) is 11.3 Å². The van der Waals surface area contributed by atoms with Crippen LogP contribution < -0.4 is 10.6 Å². The standard InChI is InChI=1S/C13H18N2O/c1-3-6-9-7-5-8-10-11(9)15-13(16)12(10)14-4-2/h5,7-8,12,14H,3-4,6H2,1-2H3,(H,15,16). The molecule has 1 amide bonds. The summed E-state index contributed by atoms with van der Waals surface area (Å²) < 4.78 is 0. The van der Waals surface area contributed by atoms with Crippen LogP contribution in [-0.2, 0) is 11.2 Å². The lowest BCUT2D eigenvalue weighted by Gasteiger charge is -2.10. The van der Waals surface area contributed by atoms with Gasteiger partial charge < -0.3 is 10.6 Å². The molecule has 0 spiro atoms. The molecule has 0 bridgehead atoms. The number of aryl methyl sites for hydroxylation is 1. The molecule has 86 valence electrons. The molecular formula is C13H18N2O. The Morgan fingerprint density at radius 3 is 2.88 bits per heavy atom. The van der Waals surface area contributed by atoms with Gasteiger partial charge in [-0.2, -0.15) is 0 Å². The van der Waals surface area contributed by atoms with Crippen LogP contribution in [0.2, 0.25) is 0 Å². The molecule has 0 saturated heterocycles. The number of anilines is 1. The smallest absolute Gasteiger partial charge is 0.246 e. The topological polar surface area (TPSA) is 41.1 Å². The van der Waals surface area contributed by atoms with Crippen LogP contribution in [0.25, 0.3) is 0 Å². The van der Waals surface area contributed by atoms with Gasteiger partial charge in [0.05, 0.1) is 0 Å². The second-order valence-electron chi connectivity index (χ2n) is 4.11. The van der Waals surface area contributed by atoms with Gasteiger partial charge in [-0.1, -0.05) is 38.5 Å². The highest BCUT2D eigenvalue weighted by atomic mass is 16.2. The second-order valence-corrected chi connectivity index (χ2v) is 4.11. The van der Waals surface area contributed by atoms with Crippen LogP contribution >= 0.6 is 0 Å². The maximum Gasteiger partial charge on any atom is 0.246 e. The summed E-state index contributed by atoms with van der Waals surface area (Å²) >= 11 is 0. The predicted octanol–water partition coefficient (Wildman–Crippen LogP) is 2.24. The molecule has 16 heavy (non-hydrogen) atoms.